The van der Waals surface area contributed by atoms with Gasteiger partial charge >= 0.3 is 5.97 Å². The Morgan fingerprint density at radius 1 is 1.33 bits per heavy atom. The molecular weight excluding hydrogens is 264 g/mol. The van der Waals surface area contributed by atoms with Crippen molar-refractivity contribution >= 4 is 17.0 Å². The van der Waals surface area contributed by atoms with Crippen LogP contribution in [-0.4, -0.2) is 20.6 Å². The topological polar surface area (TPSA) is 55.1 Å². The van der Waals surface area contributed by atoms with E-state index in [0.717, 1.165) is 41.7 Å². The first-order valence-electron chi connectivity index (χ1n) is 7.46. The highest BCUT2D eigenvalue weighted by atomic mass is 16.4. The van der Waals surface area contributed by atoms with Gasteiger partial charge in [0, 0.05) is 12.5 Å². The molecule has 0 radical (unpaired) electrons. The predicted octanol–water partition coefficient (Wildman–Crippen LogP) is 3.38. The molecule has 0 bridgehead atoms. The van der Waals surface area contributed by atoms with E-state index in [1.165, 1.54) is 0 Å². The summed E-state index contributed by atoms with van der Waals surface area (Å²) in [5, 5.41) is 9.57. The summed E-state index contributed by atoms with van der Waals surface area (Å²) in [6.45, 7) is 6.42. The van der Waals surface area contributed by atoms with E-state index in [2.05, 4.69) is 25.3 Å². The third-order valence-electron chi connectivity index (χ3n) is 4.72. The molecule has 0 aliphatic heterocycles. The van der Waals surface area contributed by atoms with Gasteiger partial charge in [0.2, 0.25) is 0 Å². The number of nitrogens with zero attached hydrogens (tertiary/aromatic N) is 2. The third-order valence-corrected chi connectivity index (χ3v) is 4.72. The van der Waals surface area contributed by atoms with Gasteiger partial charge in [-0.15, -0.1) is 0 Å². The molecule has 1 aromatic heterocycles. The van der Waals surface area contributed by atoms with E-state index in [9.17, 15) is 9.90 Å². The number of hydrogen-bond acceptors (Lipinski definition) is 2. The number of aliphatic carboxylic acids is 1. The number of imidazole rings is 1. The SMILES string of the molecule is Cn1c(C(C)(C)C)nc2cc(C3(C(=O)O)CCC3)ccc21. The molecule has 1 aliphatic rings. The number of aryl methyl sites for hydroxylation is 1. The first kappa shape index (κ1) is 14.1. The van der Waals surface area contributed by atoms with Gasteiger partial charge in [-0.2, -0.15) is 0 Å². The Labute approximate surface area is 124 Å². The van der Waals surface area contributed by atoms with Gasteiger partial charge in [-0.1, -0.05) is 33.3 Å². The molecule has 1 aromatic carbocycles. The van der Waals surface area contributed by atoms with Gasteiger partial charge in [-0.3, -0.25) is 4.79 Å². The second kappa shape index (κ2) is 4.33. The summed E-state index contributed by atoms with van der Waals surface area (Å²) in [5.74, 6) is 0.313. The van der Waals surface area contributed by atoms with E-state index in [-0.39, 0.29) is 5.41 Å². The van der Waals surface area contributed by atoms with E-state index in [4.69, 9.17) is 4.98 Å². The van der Waals surface area contributed by atoms with Crippen LogP contribution in [0.15, 0.2) is 18.2 Å². The zero-order valence-corrected chi connectivity index (χ0v) is 13.1. The zero-order valence-electron chi connectivity index (χ0n) is 13.1. The molecule has 2 aromatic rings. The third kappa shape index (κ3) is 1.96. The molecule has 21 heavy (non-hydrogen) atoms. The van der Waals surface area contributed by atoms with Crippen LogP contribution < -0.4 is 0 Å². The summed E-state index contributed by atoms with van der Waals surface area (Å²) < 4.78 is 2.10. The van der Waals surface area contributed by atoms with Crippen LogP contribution in [0.1, 0.15) is 51.4 Å². The number of aromatic nitrogens is 2. The highest BCUT2D eigenvalue weighted by molar-refractivity contribution is 5.85. The summed E-state index contributed by atoms with van der Waals surface area (Å²) in [6, 6.07) is 5.94. The van der Waals surface area contributed by atoms with E-state index in [1.54, 1.807) is 0 Å². The second-order valence-electron chi connectivity index (χ2n) is 7.19. The molecule has 0 spiro atoms. The minimum Gasteiger partial charge on any atom is -0.481 e. The average Bonchev–Trinajstić information content (AvgIpc) is 2.64. The number of carbonyl (C=O) groups is 1. The van der Waals surface area contributed by atoms with Crippen LogP contribution in [0.25, 0.3) is 11.0 Å². The van der Waals surface area contributed by atoms with Crippen LogP contribution in [0.4, 0.5) is 0 Å². The number of rotatable bonds is 2. The molecule has 1 saturated carbocycles. The molecule has 1 heterocycles. The minimum absolute atomic E-state index is 0.0328. The largest absolute Gasteiger partial charge is 0.481 e. The van der Waals surface area contributed by atoms with E-state index >= 15 is 0 Å². The molecule has 3 rings (SSSR count). The number of carboxylic acid groups (broad SMARTS) is 1. The van der Waals surface area contributed by atoms with Crippen LogP contribution in [-0.2, 0) is 22.7 Å². The Hall–Kier alpha value is -1.84. The van der Waals surface area contributed by atoms with Crippen molar-refractivity contribution in [3.8, 4) is 0 Å². The normalized spacial score (nSPS) is 17.7. The molecule has 1 fully saturated rings. The standard InChI is InChI=1S/C17H22N2O2/c1-16(2,3)14-18-12-10-11(6-7-13(12)19(14)4)17(15(20)21)8-5-9-17/h6-7,10H,5,8-9H2,1-4H3,(H,20,21). The van der Waals surface area contributed by atoms with Crippen LogP contribution >= 0.6 is 0 Å². The molecule has 1 N–H and O–H groups in total. The highest BCUT2D eigenvalue weighted by Gasteiger charge is 2.46. The molecule has 4 nitrogen and oxygen atoms in total. The predicted molar refractivity (Wildman–Crippen MR) is 82.6 cm³/mol. The summed E-state index contributed by atoms with van der Waals surface area (Å²) in [6.07, 6.45) is 2.44. The summed E-state index contributed by atoms with van der Waals surface area (Å²) in [4.78, 5) is 16.4. The van der Waals surface area contributed by atoms with E-state index in [1.807, 2.05) is 25.2 Å². The van der Waals surface area contributed by atoms with E-state index < -0.39 is 11.4 Å². The first-order valence-corrected chi connectivity index (χ1v) is 7.46. The Bertz CT molecular complexity index is 718. The Morgan fingerprint density at radius 2 is 2.00 bits per heavy atom. The van der Waals surface area contributed by atoms with Crippen molar-refractivity contribution in [3.63, 3.8) is 0 Å². The van der Waals surface area contributed by atoms with Crippen LogP contribution in [0.2, 0.25) is 0 Å². The second-order valence-corrected chi connectivity index (χ2v) is 7.19. The van der Waals surface area contributed by atoms with E-state index in [0.29, 0.717) is 0 Å². The van der Waals surface area contributed by atoms with Crippen molar-refractivity contribution in [1.29, 1.82) is 0 Å². The Kier molecular flexibility index (Phi) is 2.91. The molecule has 1 aliphatic carbocycles. The van der Waals surface area contributed by atoms with Gasteiger partial charge in [0.25, 0.3) is 0 Å². The van der Waals surface area contributed by atoms with Gasteiger partial charge < -0.3 is 9.67 Å². The lowest BCUT2D eigenvalue weighted by atomic mass is 9.64. The fourth-order valence-corrected chi connectivity index (χ4v) is 3.32. The van der Waals surface area contributed by atoms with Gasteiger partial charge in [0.05, 0.1) is 16.4 Å². The number of benzene rings is 1. The fourth-order valence-electron chi connectivity index (χ4n) is 3.32. The fraction of sp³-hybridized carbons (Fsp3) is 0.529. The van der Waals surface area contributed by atoms with Crippen molar-refractivity contribution in [2.24, 2.45) is 7.05 Å². The zero-order chi connectivity index (χ0) is 15.4. The summed E-state index contributed by atoms with van der Waals surface area (Å²) in [5.41, 5.74) is 2.13. The maximum atomic E-state index is 11.6. The van der Waals surface area contributed by atoms with Crippen molar-refractivity contribution in [2.75, 3.05) is 0 Å². The molecular formula is C17H22N2O2. The molecule has 0 atom stereocenters. The van der Waals surface area contributed by atoms with Gasteiger partial charge in [0.1, 0.15) is 5.82 Å². The Morgan fingerprint density at radius 3 is 2.48 bits per heavy atom. The highest BCUT2D eigenvalue weighted by Crippen LogP contribution is 2.44. The van der Waals surface area contributed by atoms with Crippen LogP contribution in [0, 0.1) is 0 Å². The molecule has 112 valence electrons. The lowest BCUT2D eigenvalue weighted by Crippen LogP contribution is -2.42. The maximum absolute atomic E-state index is 11.6. The maximum Gasteiger partial charge on any atom is 0.314 e. The van der Waals surface area contributed by atoms with Gasteiger partial charge in [-0.05, 0) is 30.5 Å². The van der Waals surface area contributed by atoms with Gasteiger partial charge in [0.15, 0.2) is 0 Å². The van der Waals surface area contributed by atoms with Gasteiger partial charge in [-0.25, -0.2) is 4.98 Å². The number of hydrogen-bond donors (Lipinski definition) is 1. The van der Waals surface area contributed by atoms with Crippen molar-refractivity contribution in [2.45, 2.75) is 50.9 Å². The number of fused-ring (bicyclic) bond motifs is 1. The summed E-state index contributed by atoms with van der Waals surface area (Å²) >= 11 is 0. The molecule has 0 unspecified atom stereocenters. The molecule has 0 amide bonds. The molecule has 0 saturated heterocycles. The first-order chi connectivity index (χ1) is 9.75. The minimum atomic E-state index is -0.708. The summed E-state index contributed by atoms with van der Waals surface area (Å²) in [7, 11) is 2.02. The smallest absolute Gasteiger partial charge is 0.314 e. The monoisotopic (exact) mass is 286 g/mol. The van der Waals surface area contributed by atoms with Crippen molar-refractivity contribution < 1.29 is 9.90 Å². The van der Waals surface area contributed by atoms with Crippen molar-refractivity contribution in [1.82, 2.24) is 9.55 Å². The Balaban J connectivity index is 2.15. The van der Waals surface area contributed by atoms with Crippen LogP contribution in [0.3, 0.4) is 0 Å². The lowest BCUT2D eigenvalue weighted by molar-refractivity contribution is -0.147. The lowest BCUT2D eigenvalue weighted by Gasteiger charge is -2.38. The van der Waals surface area contributed by atoms with Crippen molar-refractivity contribution in [3.05, 3.63) is 29.6 Å². The number of carboxylic acids is 1. The quantitative estimate of drug-likeness (QED) is 0.920. The van der Waals surface area contributed by atoms with Crippen LogP contribution in [0.5, 0.6) is 0 Å². The molecule has 4 heteroatoms. The average molecular weight is 286 g/mol.